The molecule has 0 spiro atoms. The molecule has 98 valence electrons. The van der Waals surface area contributed by atoms with Crippen LogP contribution in [0.25, 0.3) is 11.1 Å². The van der Waals surface area contributed by atoms with E-state index in [0.717, 1.165) is 16.4 Å². The van der Waals surface area contributed by atoms with Gasteiger partial charge in [0.15, 0.2) is 0 Å². The summed E-state index contributed by atoms with van der Waals surface area (Å²) in [5.41, 5.74) is 8.17. The van der Waals surface area contributed by atoms with E-state index in [1.807, 2.05) is 11.8 Å². The molecule has 4 heteroatoms. The van der Waals surface area contributed by atoms with Crippen LogP contribution >= 0.6 is 35.0 Å². The molecule has 0 heterocycles. The molecule has 0 atom stereocenters. The average molecular weight is 310 g/mol. The fraction of sp³-hybridized carbons (Fsp3) is 0.200. The van der Waals surface area contributed by atoms with E-state index in [1.165, 1.54) is 17.7 Å². The second kappa shape index (κ2) is 5.28. The van der Waals surface area contributed by atoms with E-state index in [9.17, 15) is 0 Å². The van der Waals surface area contributed by atoms with Gasteiger partial charge in [0.2, 0.25) is 0 Å². The molecule has 0 unspecified atom stereocenters. The predicted molar refractivity (Wildman–Crippen MR) is 85.2 cm³/mol. The first kappa shape index (κ1) is 13.2. The van der Waals surface area contributed by atoms with Crippen LogP contribution in [0.5, 0.6) is 0 Å². The smallest absolute Gasteiger partial charge is 0.0519 e. The molecule has 0 radical (unpaired) electrons. The molecular weight excluding hydrogens is 297 g/mol. The lowest BCUT2D eigenvalue weighted by molar-refractivity contribution is 1.42. The van der Waals surface area contributed by atoms with Gasteiger partial charge in [-0.2, -0.15) is 0 Å². The number of nitrogens with two attached hydrogens (primary N) is 1. The molecule has 2 aromatic rings. The lowest BCUT2D eigenvalue weighted by atomic mass is 10.1. The number of anilines is 1. The molecule has 1 nitrogen and oxygen atoms in total. The summed E-state index contributed by atoms with van der Waals surface area (Å²) in [5.74, 6) is 0. The van der Waals surface area contributed by atoms with Gasteiger partial charge in [0.1, 0.15) is 0 Å². The van der Waals surface area contributed by atoms with Gasteiger partial charge in [-0.05, 0) is 42.7 Å². The minimum atomic E-state index is 0.583. The standard InChI is InChI=1S/C15H13Cl2NS/c16-13-7-10(18)8-14(17)15(13)9-1-3-11(4-2-9)19-12-5-6-12/h1-4,7-8,12H,5-6,18H2. The SMILES string of the molecule is Nc1cc(Cl)c(-c2ccc(SC3CC3)cc2)c(Cl)c1. The van der Waals surface area contributed by atoms with Crippen molar-refractivity contribution in [1.29, 1.82) is 0 Å². The summed E-state index contributed by atoms with van der Waals surface area (Å²) in [6, 6.07) is 11.8. The molecule has 1 fully saturated rings. The maximum Gasteiger partial charge on any atom is 0.0519 e. The average Bonchev–Trinajstić information content (AvgIpc) is 3.14. The van der Waals surface area contributed by atoms with Gasteiger partial charge in [-0.25, -0.2) is 0 Å². The van der Waals surface area contributed by atoms with Crippen molar-refractivity contribution in [2.75, 3.05) is 5.73 Å². The summed E-state index contributed by atoms with van der Waals surface area (Å²) < 4.78 is 0. The molecule has 1 aliphatic rings. The van der Waals surface area contributed by atoms with E-state index in [1.54, 1.807) is 12.1 Å². The molecule has 0 aliphatic heterocycles. The fourth-order valence-electron chi connectivity index (χ4n) is 1.95. The number of nitrogen functional groups attached to an aromatic ring is 1. The Labute approximate surface area is 127 Å². The molecule has 1 aliphatic carbocycles. The van der Waals surface area contributed by atoms with Crippen LogP contribution in [0.3, 0.4) is 0 Å². The molecule has 0 bridgehead atoms. The van der Waals surface area contributed by atoms with Gasteiger partial charge in [0.25, 0.3) is 0 Å². The highest BCUT2D eigenvalue weighted by Crippen LogP contribution is 2.41. The first-order valence-corrected chi connectivity index (χ1v) is 7.78. The van der Waals surface area contributed by atoms with E-state index in [0.29, 0.717) is 15.7 Å². The largest absolute Gasteiger partial charge is 0.399 e. The number of halogens is 2. The second-order valence-electron chi connectivity index (χ2n) is 4.70. The molecule has 0 amide bonds. The number of hydrogen-bond donors (Lipinski definition) is 1. The molecule has 1 saturated carbocycles. The molecule has 19 heavy (non-hydrogen) atoms. The quantitative estimate of drug-likeness (QED) is 0.758. The third-order valence-electron chi connectivity index (χ3n) is 3.03. The Morgan fingerprint density at radius 3 is 2.11 bits per heavy atom. The van der Waals surface area contributed by atoms with Gasteiger partial charge in [0, 0.05) is 21.4 Å². The van der Waals surface area contributed by atoms with Crippen LogP contribution in [0.4, 0.5) is 5.69 Å². The van der Waals surface area contributed by atoms with Crippen LogP contribution in [0, 0.1) is 0 Å². The van der Waals surface area contributed by atoms with Crippen molar-refractivity contribution in [3.05, 3.63) is 46.4 Å². The molecule has 0 aromatic heterocycles. The Balaban J connectivity index is 1.93. The Bertz CT molecular complexity index is 583. The number of hydrogen-bond acceptors (Lipinski definition) is 2. The van der Waals surface area contributed by atoms with Gasteiger partial charge in [-0.3, -0.25) is 0 Å². The maximum absolute atomic E-state index is 6.23. The van der Waals surface area contributed by atoms with E-state index in [2.05, 4.69) is 24.3 Å². The lowest BCUT2D eigenvalue weighted by Gasteiger charge is -2.09. The van der Waals surface area contributed by atoms with E-state index in [4.69, 9.17) is 28.9 Å². The van der Waals surface area contributed by atoms with Crippen LogP contribution in [0.1, 0.15) is 12.8 Å². The van der Waals surface area contributed by atoms with Gasteiger partial charge in [-0.15, -0.1) is 11.8 Å². The summed E-state index contributed by atoms with van der Waals surface area (Å²) in [6.45, 7) is 0. The highest BCUT2D eigenvalue weighted by Gasteiger charge is 2.22. The van der Waals surface area contributed by atoms with Gasteiger partial charge >= 0.3 is 0 Å². The van der Waals surface area contributed by atoms with Crippen molar-refractivity contribution in [2.45, 2.75) is 23.0 Å². The summed E-state index contributed by atoms with van der Waals surface area (Å²) in [5, 5.41) is 2.00. The molecular formula is C15H13Cl2NS. The minimum Gasteiger partial charge on any atom is -0.399 e. The maximum atomic E-state index is 6.23. The third kappa shape index (κ3) is 3.02. The Morgan fingerprint density at radius 1 is 1.00 bits per heavy atom. The topological polar surface area (TPSA) is 26.0 Å². The highest BCUT2D eigenvalue weighted by molar-refractivity contribution is 8.00. The second-order valence-corrected chi connectivity index (χ2v) is 6.89. The van der Waals surface area contributed by atoms with E-state index >= 15 is 0 Å². The van der Waals surface area contributed by atoms with Crippen molar-refractivity contribution >= 4 is 40.7 Å². The summed E-state index contributed by atoms with van der Waals surface area (Å²) >= 11 is 14.4. The van der Waals surface area contributed by atoms with Crippen molar-refractivity contribution in [1.82, 2.24) is 0 Å². The Morgan fingerprint density at radius 2 is 1.58 bits per heavy atom. The first-order valence-electron chi connectivity index (χ1n) is 6.15. The molecule has 2 N–H and O–H groups in total. The summed E-state index contributed by atoms with van der Waals surface area (Å²) in [7, 11) is 0. The van der Waals surface area contributed by atoms with Crippen LogP contribution < -0.4 is 5.73 Å². The molecule has 2 aromatic carbocycles. The van der Waals surface area contributed by atoms with Crippen molar-refractivity contribution in [2.24, 2.45) is 0 Å². The van der Waals surface area contributed by atoms with Gasteiger partial charge in [0.05, 0.1) is 10.0 Å². The van der Waals surface area contributed by atoms with Crippen molar-refractivity contribution < 1.29 is 0 Å². The molecule has 0 saturated heterocycles. The highest BCUT2D eigenvalue weighted by atomic mass is 35.5. The third-order valence-corrected chi connectivity index (χ3v) is 4.98. The van der Waals surface area contributed by atoms with Crippen LogP contribution in [-0.2, 0) is 0 Å². The van der Waals surface area contributed by atoms with Gasteiger partial charge in [-0.1, -0.05) is 35.3 Å². The zero-order chi connectivity index (χ0) is 13.4. The fourth-order valence-corrected chi connectivity index (χ4v) is 3.72. The Hall–Kier alpha value is -0.830. The Kier molecular flexibility index (Phi) is 3.66. The van der Waals surface area contributed by atoms with Crippen LogP contribution in [0.2, 0.25) is 10.0 Å². The summed E-state index contributed by atoms with van der Waals surface area (Å²) in [4.78, 5) is 1.30. The zero-order valence-corrected chi connectivity index (χ0v) is 12.5. The van der Waals surface area contributed by atoms with Gasteiger partial charge < -0.3 is 5.73 Å². The van der Waals surface area contributed by atoms with E-state index in [-0.39, 0.29) is 0 Å². The zero-order valence-electron chi connectivity index (χ0n) is 10.2. The molecule has 3 rings (SSSR count). The first-order chi connectivity index (χ1) is 9.13. The number of thioether (sulfide) groups is 1. The number of rotatable bonds is 3. The van der Waals surface area contributed by atoms with Crippen molar-refractivity contribution in [3.63, 3.8) is 0 Å². The predicted octanol–water partition coefficient (Wildman–Crippen LogP) is 5.50. The monoisotopic (exact) mass is 309 g/mol. The van der Waals surface area contributed by atoms with E-state index < -0.39 is 0 Å². The number of benzene rings is 2. The van der Waals surface area contributed by atoms with Crippen LogP contribution in [-0.4, -0.2) is 5.25 Å². The normalized spacial score (nSPS) is 14.6. The van der Waals surface area contributed by atoms with Crippen LogP contribution in [0.15, 0.2) is 41.3 Å². The van der Waals surface area contributed by atoms with Crippen molar-refractivity contribution in [3.8, 4) is 11.1 Å². The summed E-state index contributed by atoms with van der Waals surface area (Å²) in [6.07, 6.45) is 2.67. The lowest BCUT2D eigenvalue weighted by Crippen LogP contribution is -1.88. The minimum absolute atomic E-state index is 0.583.